The van der Waals surface area contributed by atoms with Gasteiger partial charge in [0.05, 0.1) is 12.6 Å². The lowest BCUT2D eigenvalue weighted by molar-refractivity contribution is 0.340. The molecule has 1 aliphatic heterocycles. The molecule has 1 aromatic heterocycles. The van der Waals surface area contributed by atoms with Crippen molar-refractivity contribution in [2.24, 2.45) is 0 Å². The lowest BCUT2D eigenvalue weighted by Crippen LogP contribution is -2.04. The number of hydrogen-bond acceptors (Lipinski definition) is 4. The van der Waals surface area contributed by atoms with Gasteiger partial charge in [-0.1, -0.05) is 6.07 Å². The molecular formula is C13H14N2OS. The molecule has 0 fully saturated rings. The third kappa shape index (κ3) is 2.00. The van der Waals surface area contributed by atoms with Crippen LogP contribution in [0, 0.1) is 0 Å². The SMILES string of the molecule is CCOc1ccc2c(c1)NC(c1nccs1)C2. The first-order valence-electron chi connectivity index (χ1n) is 5.78. The van der Waals surface area contributed by atoms with Crippen LogP contribution in [0.3, 0.4) is 0 Å². The zero-order valence-corrected chi connectivity index (χ0v) is 10.5. The van der Waals surface area contributed by atoms with Crippen LogP contribution in [0.2, 0.25) is 0 Å². The van der Waals surface area contributed by atoms with Crippen LogP contribution in [-0.2, 0) is 6.42 Å². The van der Waals surface area contributed by atoms with Gasteiger partial charge in [0.2, 0.25) is 0 Å². The van der Waals surface area contributed by atoms with Crippen LogP contribution < -0.4 is 10.1 Å². The van der Waals surface area contributed by atoms with Gasteiger partial charge in [0.25, 0.3) is 0 Å². The van der Waals surface area contributed by atoms with E-state index < -0.39 is 0 Å². The molecule has 2 aromatic rings. The van der Waals surface area contributed by atoms with E-state index in [2.05, 4.69) is 22.4 Å². The summed E-state index contributed by atoms with van der Waals surface area (Å²) in [6, 6.07) is 6.57. The Kier molecular flexibility index (Phi) is 2.73. The molecule has 0 spiro atoms. The van der Waals surface area contributed by atoms with Crippen LogP contribution in [0.5, 0.6) is 5.75 Å². The van der Waals surface area contributed by atoms with Crippen molar-refractivity contribution in [2.45, 2.75) is 19.4 Å². The number of aromatic nitrogens is 1. The predicted molar refractivity (Wildman–Crippen MR) is 69.8 cm³/mol. The van der Waals surface area contributed by atoms with Gasteiger partial charge < -0.3 is 10.1 Å². The number of fused-ring (bicyclic) bond motifs is 1. The molecule has 2 heterocycles. The van der Waals surface area contributed by atoms with Gasteiger partial charge in [-0.05, 0) is 18.6 Å². The maximum atomic E-state index is 5.50. The van der Waals surface area contributed by atoms with Crippen molar-refractivity contribution >= 4 is 17.0 Å². The summed E-state index contributed by atoms with van der Waals surface area (Å²) in [6.45, 7) is 2.70. The second-order valence-corrected chi connectivity index (χ2v) is 4.95. The summed E-state index contributed by atoms with van der Waals surface area (Å²) in [5, 5.41) is 6.68. The summed E-state index contributed by atoms with van der Waals surface area (Å²) < 4.78 is 5.50. The minimum atomic E-state index is 0.321. The summed E-state index contributed by atoms with van der Waals surface area (Å²) in [5.41, 5.74) is 2.52. The van der Waals surface area contributed by atoms with E-state index in [1.54, 1.807) is 11.3 Å². The van der Waals surface area contributed by atoms with Gasteiger partial charge in [-0.15, -0.1) is 11.3 Å². The van der Waals surface area contributed by atoms with Crippen molar-refractivity contribution in [1.29, 1.82) is 0 Å². The third-order valence-electron chi connectivity index (χ3n) is 2.90. The zero-order chi connectivity index (χ0) is 11.7. The minimum Gasteiger partial charge on any atom is -0.494 e. The fraction of sp³-hybridized carbons (Fsp3) is 0.308. The Balaban J connectivity index is 1.83. The summed E-state index contributed by atoms with van der Waals surface area (Å²) in [6.07, 6.45) is 2.87. The van der Waals surface area contributed by atoms with E-state index in [0.717, 1.165) is 17.2 Å². The van der Waals surface area contributed by atoms with Gasteiger partial charge in [0.15, 0.2) is 0 Å². The Morgan fingerprint density at radius 3 is 3.24 bits per heavy atom. The molecule has 0 amide bonds. The molecule has 88 valence electrons. The van der Waals surface area contributed by atoms with Gasteiger partial charge in [-0.3, -0.25) is 0 Å². The van der Waals surface area contributed by atoms with Gasteiger partial charge in [0.1, 0.15) is 10.8 Å². The van der Waals surface area contributed by atoms with E-state index in [1.165, 1.54) is 11.3 Å². The fourth-order valence-corrected chi connectivity index (χ4v) is 2.83. The van der Waals surface area contributed by atoms with Crippen molar-refractivity contribution in [2.75, 3.05) is 11.9 Å². The number of thiazole rings is 1. The van der Waals surface area contributed by atoms with E-state index in [-0.39, 0.29) is 0 Å². The van der Waals surface area contributed by atoms with Crippen LogP contribution >= 0.6 is 11.3 Å². The molecule has 17 heavy (non-hydrogen) atoms. The Morgan fingerprint density at radius 1 is 1.53 bits per heavy atom. The van der Waals surface area contributed by atoms with Crippen molar-refractivity contribution in [3.05, 3.63) is 40.3 Å². The van der Waals surface area contributed by atoms with Crippen LogP contribution in [0.1, 0.15) is 23.5 Å². The molecule has 0 bridgehead atoms. The average Bonchev–Trinajstić information content (AvgIpc) is 2.97. The quantitative estimate of drug-likeness (QED) is 0.902. The zero-order valence-electron chi connectivity index (χ0n) is 9.64. The second kappa shape index (κ2) is 4.37. The molecular weight excluding hydrogens is 232 g/mol. The second-order valence-electron chi connectivity index (χ2n) is 4.02. The number of benzene rings is 1. The normalized spacial score (nSPS) is 17.6. The van der Waals surface area contributed by atoms with E-state index >= 15 is 0 Å². The molecule has 0 saturated carbocycles. The minimum absolute atomic E-state index is 0.321. The Morgan fingerprint density at radius 2 is 2.47 bits per heavy atom. The summed E-state index contributed by atoms with van der Waals surface area (Å²) >= 11 is 1.70. The lowest BCUT2D eigenvalue weighted by atomic mass is 10.1. The van der Waals surface area contributed by atoms with Crippen LogP contribution in [-0.4, -0.2) is 11.6 Å². The molecule has 0 aliphatic carbocycles. The summed E-state index contributed by atoms with van der Waals surface area (Å²) in [4.78, 5) is 4.36. The van der Waals surface area contributed by atoms with Crippen LogP contribution in [0.4, 0.5) is 5.69 Å². The first kappa shape index (κ1) is 10.6. The van der Waals surface area contributed by atoms with Crippen LogP contribution in [0.15, 0.2) is 29.8 Å². The van der Waals surface area contributed by atoms with Gasteiger partial charge in [-0.25, -0.2) is 4.98 Å². The highest BCUT2D eigenvalue weighted by molar-refractivity contribution is 7.09. The molecule has 3 rings (SSSR count). The first-order chi connectivity index (χ1) is 8.36. The highest BCUT2D eigenvalue weighted by Crippen LogP contribution is 2.36. The number of nitrogens with one attached hydrogen (secondary N) is 1. The molecule has 1 aromatic carbocycles. The molecule has 1 N–H and O–H groups in total. The van der Waals surface area contributed by atoms with Crippen molar-refractivity contribution in [3.63, 3.8) is 0 Å². The Bertz CT molecular complexity index is 510. The number of ether oxygens (including phenoxy) is 1. The molecule has 3 nitrogen and oxygen atoms in total. The lowest BCUT2D eigenvalue weighted by Gasteiger charge is -2.07. The molecule has 0 radical (unpaired) electrons. The maximum Gasteiger partial charge on any atom is 0.121 e. The largest absolute Gasteiger partial charge is 0.494 e. The Labute approximate surface area is 104 Å². The summed E-state index contributed by atoms with van der Waals surface area (Å²) in [5.74, 6) is 0.929. The van der Waals surface area contributed by atoms with Gasteiger partial charge >= 0.3 is 0 Å². The number of rotatable bonds is 3. The van der Waals surface area contributed by atoms with E-state index in [0.29, 0.717) is 12.6 Å². The topological polar surface area (TPSA) is 34.1 Å². The van der Waals surface area contributed by atoms with E-state index in [9.17, 15) is 0 Å². The molecule has 4 heteroatoms. The Hall–Kier alpha value is -1.55. The molecule has 1 aliphatic rings. The van der Waals surface area contributed by atoms with Crippen molar-refractivity contribution in [3.8, 4) is 5.75 Å². The monoisotopic (exact) mass is 246 g/mol. The smallest absolute Gasteiger partial charge is 0.121 e. The van der Waals surface area contributed by atoms with Crippen LogP contribution in [0.25, 0.3) is 0 Å². The first-order valence-corrected chi connectivity index (χ1v) is 6.66. The standard InChI is InChI=1S/C13H14N2OS/c1-2-16-10-4-3-9-7-12(15-11(9)8-10)13-14-5-6-17-13/h3-6,8,12,15H,2,7H2,1H3. The number of anilines is 1. The summed E-state index contributed by atoms with van der Waals surface area (Å²) in [7, 11) is 0. The van der Waals surface area contributed by atoms with E-state index in [1.807, 2.05) is 24.6 Å². The molecule has 1 atom stereocenters. The highest BCUT2D eigenvalue weighted by Gasteiger charge is 2.23. The predicted octanol–water partition coefficient (Wildman–Crippen LogP) is 3.25. The fourth-order valence-electron chi connectivity index (χ4n) is 2.14. The molecule has 1 unspecified atom stereocenters. The number of hydrogen-bond donors (Lipinski definition) is 1. The van der Waals surface area contributed by atoms with Crippen molar-refractivity contribution in [1.82, 2.24) is 4.98 Å². The third-order valence-corrected chi connectivity index (χ3v) is 3.78. The molecule has 0 saturated heterocycles. The average molecular weight is 246 g/mol. The van der Waals surface area contributed by atoms with E-state index in [4.69, 9.17) is 4.74 Å². The maximum absolute atomic E-state index is 5.50. The van der Waals surface area contributed by atoms with Gasteiger partial charge in [-0.2, -0.15) is 0 Å². The highest BCUT2D eigenvalue weighted by atomic mass is 32.1. The van der Waals surface area contributed by atoms with Crippen molar-refractivity contribution < 1.29 is 4.74 Å². The van der Waals surface area contributed by atoms with Gasteiger partial charge in [0, 0.05) is 29.8 Å². The number of nitrogens with zero attached hydrogens (tertiary/aromatic N) is 1.